The lowest BCUT2D eigenvalue weighted by atomic mass is 9.83. The molecule has 0 radical (unpaired) electrons. The minimum Gasteiger partial charge on any atom is -0.496 e. The Morgan fingerprint density at radius 1 is 0.972 bits per heavy atom. The second kappa shape index (κ2) is 11.5. The van der Waals surface area contributed by atoms with Crippen LogP contribution in [0.15, 0.2) is 84.9 Å². The summed E-state index contributed by atoms with van der Waals surface area (Å²) in [5.41, 5.74) is 3.45. The highest BCUT2D eigenvalue weighted by Crippen LogP contribution is 2.44. The Balaban J connectivity index is 0.00000304. The Kier molecular flexibility index (Phi) is 8.14. The number of carbonyl (C=O) groups is 1. The van der Waals surface area contributed by atoms with Crippen LogP contribution in [0.2, 0.25) is 0 Å². The first-order valence-corrected chi connectivity index (χ1v) is 12.0. The Morgan fingerprint density at radius 2 is 1.69 bits per heavy atom. The molecule has 186 valence electrons. The molecule has 36 heavy (non-hydrogen) atoms. The minimum atomic E-state index is -0.990. The zero-order chi connectivity index (χ0) is 24.2. The monoisotopic (exact) mass is 503 g/mol. The van der Waals surface area contributed by atoms with Gasteiger partial charge in [-0.05, 0) is 47.9 Å². The first-order valence-electron chi connectivity index (χ1n) is 12.0. The predicted octanol–water partition coefficient (Wildman–Crippen LogP) is 6.08. The van der Waals surface area contributed by atoms with Crippen molar-refractivity contribution in [1.82, 2.24) is 5.32 Å². The van der Waals surface area contributed by atoms with Gasteiger partial charge in [0.2, 0.25) is 0 Å². The van der Waals surface area contributed by atoms with Crippen molar-refractivity contribution in [3.63, 3.8) is 0 Å². The van der Waals surface area contributed by atoms with E-state index >= 15 is 0 Å². The van der Waals surface area contributed by atoms with Gasteiger partial charge in [-0.1, -0.05) is 72.8 Å². The molecular weight excluding hydrogens is 474 g/mol. The average Bonchev–Trinajstić information content (AvgIpc) is 2.90. The van der Waals surface area contributed by atoms with E-state index in [-0.39, 0.29) is 30.0 Å². The maximum atomic E-state index is 11.8. The minimum absolute atomic E-state index is 0. The molecule has 1 aliphatic heterocycles. The molecule has 0 unspecified atom stereocenters. The number of rotatable bonds is 8. The van der Waals surface area contributed by atoms with Gasteiger partial charge in [0, 0.05) is 23.6 Å². The molecular formula is C30H30ClNO4. The van der Waals surface area contributed by atoms with Gasteiger partial charge in [-0.25, -0.2) is 4.79 Å². The van der Waals surface area contributed by atoms with Crippen LogP contribution in [0.1, 0.15) is 39.4 Å². The van der Waals surface area contributed by atoms with Crippen molar-refractivity contribution < 1.29 is 19.4 Å². The summed E-state index contributed by atoms with van der Waals surface area (Å²) in [5, 5.41) is 15.8. The molecule has 2 N–H and O–H groups in total. The Bertz CT molecular complexity index is 1350. The molecule has 0 bridgehead atoms. The molecule has 4 aromatic rings. The van der Waals surface area contributed by atoms with E-state index in [1.807, 2.05) is 24.3 Å². The molecule has 5 nitrogen and oxygen atoms in total. The molecule has 0 spiro atoms. The van der Waals surface area contributed by atoms with Crippen molar-refractivity contribution in [2.75, 3.05) is 20.2 Å². The Morgan fingerprint density at radius 3 is 2.53 bits per heavy atom. The summed E-state index contributed by atoms with van der Waals surface area (Å²) >= 11 is 0. The van der Waals surface area contributed by atoms with Gasteiger partial charge < -0.3 is 19.9 Å². The molecule has 0 saturated heterocycles. The largest absolute Gasteiger partial charge is 0.496 e. The Hall–Kier alpha value is -3.54. The first kappa shape index (κ1) is 25.5. The van der Waals surface area contributed by atoms with Crippen LogP contribution in [-0.2, 0) is 6.42 Å². The third kappa shape index (κ3) is 5.18. The third-order valence-electron chi connectivity index (χ3n) is 6.77. The van der Waals surface area contributed by atoms with Crippen LogP contribution in [0.25, 0.3) is 10.8 Å². The maximum absolute atomic E-state index is 11.8. The molecule has 0 fully saturated rings. The molecule has 2 atom stereocenters. The van der Waals surface area contributed by atoms with E-state index in [9.17, 15) is 9.90 Å². The zero-order valence-electron chi connectivity index (χ0n) is 20.1. The first-order chi connectivity index (χ1) is 17.2. The van der Waals surface area contributed by atoms with Gasteiger partial charge in [0.25, 0.3) is 0 Å². The molecule has 1 aliphatic rings. The summed E-state index contributed by atoms with van der Waals surface area (Å²) in [6.45, 7) is 1.55. The fourth-order valence-electron chi connectivity index (χ4n) is 5.13. The van der Waals surface area contributed by atoms with Gasteiger partial charge >= 0.3 is 5.97 Å². The summed E-state index contributed by atoms with van der Waals surface area (Å²) in [4.78, 5) is 11.8. The molecule has 0 aliphatic carbocycles. The van der Waals surface area contributed by atoms with E-state index in [2.05, 4.69) is 53.8 Å². The number of carboxylic acids is 1. The van der Waals surface area contributed by atoms with Gasteiger partial charge in [-0.2, -0.15) is 0 Å². The van der Waals surface area contributed by atoms with Crippen LogP contribution in [0.3, 0.4) is 0 Å². The summed E-state index contributed by atoms with van der Waals surface area (Å²) in [7, 11) is 1.53. The average molecular weight is 504 g/mol. The maximum Gasteiger partial charge on any atom is 0.339 e. The van der Waals surface area contributed by atoms with E-state index in [0.717, 1.165) is 36.3 Å². The number of methoxy groups -OCH3 is 1. The van der Waals surface area contributed by atoms with Crippen LogP contribution >= 0.6 is 12.4 Å². The number of aromatic carboxylic acids is 1. The number of hydrogen-bond donors (Lipinski definition) is 2. The molecule has 0 amide bonds. The summed E-state index contributed by atoms with van der Waals surface area (Å²) in [6.07, 6.45) is 1.63. The van der Waals surface area contributed by atoms with E-state index in [0.29, 0.717) is 12.3 Å². The predicted molar refractivity (Wildman–Crippen MR) is 145 cm³/mol. The summed E-state index contributed by atoms with van der Waals surface area (Å²) < 4.78 is 11.9. The van der Waals surface area contributed by atoms with E-state index < -0.39 is 5.97 Å². The van der Waals surface area contributed by atoms with Crippen molar-refractivity contribution >= 4 is 29.1 Å². The zero-order valence-corrected chi connectivity index (χ0v) is 21.0. The number of para-hydroxylation sites is 2. The fraction of sp³-hybridized carbons (Fsp3) is 0.233. The van der Waals surface area contributed by atoms with Gasteiger partial charge in [-0.3, -0.25) is 0 Å². The van der Waals surface area contributed by atoms with Gasteiger partial charge in [0.1, 0.15) is 23.2 Å². The van der Waals surface area contributed by atoms with Crippen molar-refractivity contribution in [3.8, 4) is 11.5 Å². The number of benzene rings is 4. The second-order valence-electron chi connectivity index (χ2n) is 8.89. The van der Waals surface area contributed by atoms with Crippen molar-refractivity contribution in [3.05, 3.63) is 107 Å². The van der Waals surface area contributed by atoms with Gasteiger partial charge in [0.15, 0.2) is 0 Å². The highest BCUT2D eigenvalue weighted by atomic mass is 35.5. The smallest absolute Gasteiger partial charge is 0.339 e. The third-order valence-corrected chi connectivity index (χ3v) is 6.77. The molecule has 6 heteroatoms. The van der Waals surface area contributed by atoms with Crippen LogP contribution in [0, 0.1) is 0 Å². The number of hydrogen-bond acceptors (Lipinski definition) is 4. The standard InChI is InChI=1S/C30H29NO4.ClH/c1-34-29-25(13-7-14-26(29)30(32)33)27-18-22(35-28-15-5-4-12-24(27)28)19-31-17-16-21-10-6-9-20-8-2-3-11-23(20)21;/h2-15,22,27,31H,16-19H2,1H3,(H,32,33);1H/t22-,27-;/m1./s1. The highest BCUT2D eigenvalue weighted by molar-refractivity contribution is 5.91. The lowest BCUT2D eigenvalue weighted by Gasteiger charge is -2.33. The number of ether oxygens (including phenoxy) is 2. The lowest BCUT2D eigenvalue weighted by molar-refractivity contribution is 0.0693. The lowest BCUT2D eigenvalue weighted by Crippen LogP contribution is -2.36. The van der Waals surface area contributed by atoms with Crippen LogP contribution in [0.4, 0.5) is 0 Å². The number of carboxylic acid groups (broad SMARTS) is 1. The normalized spacial score (nSPS) is 16.5. The number of halogens is 1. The van der Waals surface area contributed by atoms with E-state index in [4.69, 9.17) is 9.47 Å². The van der Waals surface area contributed by atoms with Crippen LogP contribution in [0.5, 0.6) is 11.5 Å². The second-order valence-corrected chi connectivity index (χ2v) is 8.89. The van der Waals surface area contributed by atoms with Crippen LogP contribution < -0.4 is 14.8 Å². The molecule has 0 aromatic heterocycles. The summed E-state index contributed by atoms with van der Waals surface area (Å²) in [6, 6.07) is 28.3. The SMILES string of the molecule is COc1c(C(=O)O)cccc1[C@@H]1C[C@H](CNCCc2cccc3ccccc23)Oc2ccccc21.Cl. The summed E-state index contributed by atoms with van der Waals surface area (Å²) in [5.74, 6) is 0.256. The molecule has 1 heterocycles. The van der Waals surface area contributed by atoms with E-state index in [1.165, 1.54) is 23.4 Å². The molecule has 0 saturated carbocycles. The fourth-order valence-corrected chi connectivity index (χ4v) is 5.13. The topological polar surface area (TPSA) is 67.8 Å². The quantitative estimate of drug-likeness (QED) is 0.285. The number of nitrogens with one attached hydrogen (secondary N) is 1. The molecule has 4 aromatic carbocycles. The van der Waals surface area contributed by atoms with E-state index in [1.54, 1.807) is 12.1 Å². The van der Waals surface area contributed by atoms with Crippen LogP contribution in [-0.4, -0.2) is 37.4 Å². The Labute approximate surface area is 217 Å². The van der Waals surface area contributed by atoms with Crippen molar-refractivity contribution in [2.24, 2.45) is 0 Å². The number of fused-ring (bicyclic) bond motifs is 2. The van der Waals surface area contributed by atoms with Gasteiger partial charge in [-0.15, -0.1) is 12.4 Å². The van der Waals surface area contributed by atoms with Crippen molar-refractivity contribution in [1.29, 1.82) is 0 Å². The van der Waals surface area contributed by atoms with Crippen molar-refractivity contribution in [2.45, 2.75) is 24.9 Å². The highest BCUT2D eigenvalue weighted by Gasteiger charge is 2.32. The molecule has 5 rings (SSSR count). The van der Waals surface area contributed by atoms with Gasteiger partial charge in [0.05, 0.1) is 7.11 Å².